The Balaban J connectivity index is 2.88. The van der Waals surface area contributed by atoms with E-state index in [1.165, 1.54) is 0 Å². The van der Waals surface area contributed by atoms with Crippen LogP contribution in [0, 0.1) is 0 Å². The van der Waals surface area contributed by atoms with E-state index >= 15 is 0 Å². The van der Waals surface area contributed by atoms with Gasteiger partial charge in [-0.1, -0.05) is 0 Å². The first kappa shape index (κ1) is 7.54. The minimum absolute atomic E-state index is 0.0206. The van der Waals surface area contributed by atoms with Gasteiger partial charge in [0.15, 0.2) is 0 Å². The van der Waals surface area contributed by atoms with Crippen LogP contribution in [0.4, 0.5) is 0 Å². The first-order valence-corrected chi connectivity index (χ1v) is 4.38. The number of hydrogen-bond acceptors (Lipinski definition) is 2. The van der Waals surface area contributed by atoms with E-state index in [0.717, 1.165) is 4.44 Å². The first-order valence-electron chi connectivity index (χ1n) is 2.67. The van der Waals surface area contributed by atoms with Crippen molar-refractivity contribution < 1.29 is 15.0 Å². The summed E-state index contributed by atoms with van der Waals surface area (Å²) in [7, 11) is 0. The second kappa shape index (κ2) is 3.01. The van der Waals surface area contributed by atoms with Crippen LogP contribution in [0.5, 0.6) is 0 Å². The fourth-order valence-corrected chi connectivity index (χ4v) is 2.06. The van der Waals surface area contributed by atoms with Gasteiger partial charge in [-0.2, -0.15) is 0 Å². The van der Waals surface area contributed by atoms with Crippen molar-refractivity contribution in [3.8, 4) is 0 Å². The Morgan fingerprint density at radius 1 is 1.60 bits per heavy atom. The van der Waals surface area contributed by atoms with Gasteiger partial charge in [0, 0.05) is 0 Å². The molecular formula is C6H6O3Se. The Morgan fingerprint density at radius 2 is 2.30 bits per heavy atom. The molecule has 1 heterocycles. The van der Waals surface area contributed by atoms with Crippen LogP contribution in [0.25, 0.3) is 0 Å². The molecule has 1 aromatic heterocycles. The molecule has 0 aromatic carbocycles. The Labute approximate surface area is 63.7 Å². The zero-order valence-electron chi connectivity index (χ0n) is 5.07. The second-order valence-corrected chi connectivity index (χ2v) is 4.18. The molecule has 0 atom stereocenters. The molecule has 0 bridgehead atoms. The third-order valence-corrected chi connectivity index (χ3v) is 3.25. The van der Waals surface area contributed by atoms with Gasteiger partial charge in [-0.15, -0.1) is 0 Å². The minimum atomic E-state index is -0.875. The molecule has 4 heteroatoms. The van der Waals surface area contributed by atoms with Crippen LogP contribution >= 0.6 is 0 Å². The summed E-state index contributed by atoms with van der Waals surface area (Å²) in [4.78, 5) is 10.3. The average Bonchev–Trinajstić information content (AvgIpc) is 2.34. The van der Waals surface area contributed by atoms with Gasteiger partial charge < -0.3 is 0 Å². The van der Waals surface area contributed by atoms with Gasteiger partial charge in [0.2, 0.25) is 0 Å². The van der Waals surface area contributed by atoms with Crippen LogP contribution in [-0.2, 0) is 6.61 Å². The number of aromatic carboxylic acids is 1. The summed E-state index contributed by atoms with van der Waals surface area (Å²) in [5.74, 6) is -0.875. The van der Waals surface area contributed by atoms with Gasteiger partial charge in [-0.25, -0.2) is 0 Å². The molecule has 0 amide bonds. The Morgan fingerprint density at radius 3 is 2.60 bits per heavy atom. The van der Waals surface area contributed by atoms with E-state index in [-0.39, 0.29) is 21.1 Å². The molecule has 0 aliphatic carbocycles. The molecule has 0 unspecified atom stereocenters. The van der Waals surface area contributed by atoms with E-state index < -0.39 is 5.97 Å². The van der Waals surface area contributed by atoms with E-state index in [1.54, 1.807) is 12.1 Å². The van der Waals surface area contributed by atoms with Crippen molar-refractivity contribution in [2.45, 2.75) is 6.61 Å². The molecule has 54 valence electrons. The summed E-state index contributed by atoms with van der Waals surface area (Å²) >= 11 is -0.152. The monoisotopic (exact) mass is 206 g/mol. The van der Waals surface area contributed by atoms with Gasteiger partial charge in [0.1, 0.15) is 0 Å². The molecule has 0 radical (unpaired) electrons. The second-order valence-electron chi connectivity index (χ2n) is 1.73. The molecule has 1 rings (SSSR count). The number of aliphatic hydroxyl groups excluding tert-OH is 1. The predicted octanol–water partition coefficient (Wildman–Crippen LogP) is -0.0659. The third kappa shape index (κ3) is 1.48. The quantitative estimate of drug-likeness (QED) is 0.664. The fraction of sp³-hybridized carbons (Fsp3) is 0.167. The summed E-state index contributed by atoms with van der Waals surface area (Å²) in [6, 6.07) is 3.22. The number of carboxylic acid groups (broad SMARTS) is 1. The van der Waals surface area contributed by atoms with Crippen molar-refractivity contribution >= 4 is 20.5 Å². The van der Waals surface area contributed by atoms with Crippen LogP contribution in [0.15, 0.2) is 12.1 Å². The number of carboxylic acids is 1. The Hall–Kier alpha value is -0.571. The summed E-state index contributed by atoms with van der Waals surface area (Å²) in [6.45, 7) is -0.0206. The van der Waals surface area contributed by atoms with Crippen LogP contribution in [0.3, 0.4) is 0 Å². The topological polar surface area (TPSA) is 57.5 Å². The molecule has 10 heavy (non-hydrogen) atoms. The number of aliphatic hydroxyl groups is 1. The third-order valence-electron chi connectivity index (χ3n) is 1.03. The van der Waals surface area contributed by atoms with Crippen LogP contribution in [0.1, 0.15) is 13.7 Å². The molecule has 1 aromatic rings. The van der Waals surface area contributed by atoms with E-state index in [0.29, 0.717) is 4.44 Å². The maximum absolute atomic E-state index is 10.3. The van der Waals surface area contributed by atoms with Gasteiger partial charge in [-0.05, 0) is 0 Å². The molecule has 0 fully saturated rings. The van der Waals surface area contributed by atoms with Gasteiger partial charge in [-0.3, -0.25) is 0 Å². The van der Waals surface area contributed by atoms with Crippen molar-refractivity contribution in [3.05, 3.63) is 21.0 Å². The number of rotatable bonds is 2. The first-order chi connectivity index (χ1) is 4.74. The molecule has 0 aliphatic rings. The molecular weight excluding hydrogens is 199 g/mol. The summed E-state index contributed by atoms with van der Waals surface area (Å²) in [5.41, 5.74) is 0. The van der Waals surface area contributed by atoms with Crippen molar-refractivity contribution in [2.75, 3.05) is 0 Å². The molecule has 3 nitrogen and oxygen atoms in total. The van der Waals surface area contributed by atoms with Crippen molar-refractivity contribution in [1.82, 2.24) is 0 Å². The van der Waals surface area contributed by atoms with Crippen LogP contribution in [0.2, 0.25) is 0 Å². The molecule has 0 saturated carbocycles. The summed E-state index contributed by atoms with van der Waals surface area (Å²) in [6.07, 6.45) is 0. The normalized spacial score (nSPS) is 9.70. The zero-order valence-corrected chi connectivity index (χ0v) is 6.79. The van der Waals surface area contributed by atoms with Crippen molar-refractivity contribution in [2.24, 2.45) is 0 Å². The Bertz CT molecular complexity index is 241. The van der Waals surface area contributed by atoms with E-state index in [2.05, 4.69) is 0 Å². The summed E-state index contributed by atoms with van der Waals surface area (Å²) in [5, 5.41) is 17.0. The molecule has 0 saturated heterocycles. The van der Waals surface area contributed by atoms with Crippen LogP contribution < -0.4 is 0 Å². The Kier molecular flexibility index (Phi) is 2.27. The number of carbonyl (C=O) groups is 1. The van der Waals surface area contributed by atoms with Crippen molar-refractivity contribution in [3.63, 3.8) is 0 Å². The van der Waals surface area contributed by atoms with Gasteiger partial charge in [0.25, 0.3) is 0 Å². The van der Waals surface area contributed by atoms with Crippen molar-refractivity contribution in [1.29, 1.82) is 0 Å². The van der Waals surface area contributed by atoms with Gasteiger partial charge in [0.05, 0.1) is 0 Å². The van der Waals surface area contributed by atoms with E-state index in [1.807, 2.05) is 0 Å². The fourth-order valence-electron chi connectivity index (χ4n) is 0.578. The van der Waals surface area contributed by atoms with E-state index in [9.17, 15) is 4.79 Å². The zero-order chi connectivity index (χ0) is 7.56. The molecule has 0 spiro atoms. The molecule has 0 aliphatic heterocycles. The van der Waals surface area contributed by atoms with Crippen LogP contribution in [-0.4, -0.2) is 30.7 Å². The average molecular weight is 205 g/mol. The SMILES string of the molecule is O=C(O)c1ccc(CO)[se]1. The summed E-state index contributed by atoms with van der Waals surface area (Å²) < 4.78 is 1.24. The van der Waals surface area contributed by atoms with E-state index in [4.69, 9.17) is 10.2 Å². The predicted molar refractivity (Wildman–Crippen MR) is 36.3 cm³/mol. The van der Waals surface area contributed by atoms with Gasteiger partial charge >= 0.3 is 63.1 Å². The maximum atomic E-state index is 10.3. The molecule has 2 N–H and O–H groups in total. The number of hydrogen-bond donors (Lipinski definition) is 2. The standard InChI is InChI=1S/C6H6O3Se/c7-3-4-1-2-5(10-4)6(8)9/h1-2,7H,3H2,(H,8,9).